The summed E-state index contributed by atoms with van der Waals surface area (Å²) in [5, 5.41) is 83.6. The van der Waals surface area contributed by atoms with Gasteiger partial charge in [-0.2, -0.15) is 0 Å². The van der Waals surface area contributed by atoms with Crippen LogP contribution in [0.4, 0.5) is 0 Å². The van der Waals surface area contributed by atoms with Gasteiger partial charge in [0.15, 0.2) is 6.29 Å². The second kappa shape index (κ2) is 15.0. The third kappa shape index (κ3) is 6.30. The van der Waals surface area contributed by atoms with Gasteiger partial charge in [-0.1, -0.05) is 39.3 Å². The van der Waals surface area contributed by atoms with E-state index in [0.717, 1.165) is 24.8 Å². The summed E-state index contributed by atoms with van der Waals surface area (Å²) in [6, 6.07) is 0. The fourth-order valence-corrected chi connectivity index (χ4v) is 13.6. The van der Waals surface area contributed by atoms with Gasteiger partial charge in [0.2, 0.25) is 6.29 Å². The molecule has 0 bridgehead atoms. The molecular formula is C42H66O15. The van der Waals surface area contributed by atoms with Gasteiger partial charge in [-0.25, -0.2) is 0 Å². The number of allylic oxidation sites excluding steroid dienone is 2. The molecule has 15 heteroatoms. The highest BCUT2D eigenvalue weighted by atomic mass is 16.7. The van der Waals surface area contributed by atoms with Crippen molar-refractivity contribution >= 4 is 11.9 Å². The van der Waals surface area contributed by atoms with Gasteiger partial charge in [0.1, 0.15) is 42.7 Å². The molecule has 6 fully saturated rings. The van der Waals surface area contributed by atoms with Crippen LogP contribution in [0, 0.1) is 50.2 Å². The van der Waals surface area contributed by atoms with Crippen molar-refractivity contribution in [3.8, 4) is 0 Å². The van der Waals surface area contributed by atoms with Gasteiger partial charge in [-0.15, -0.1) is 0 Å². The normalized spacial score (nSPS) is 53.6. The highest BCUT2D eigenvalue weighted by Gasteiger charge is 2.71. The van der Waals surface area contributed by atoms with Crippen molar-refractivity contribution in [1.82, 2.24) is 0 Å². The van der Waals surface area contributed by atoms with Crippen LogP contribution in [0.1, 0.15) is 98.8 Å². The van der Waals surface area contributed by atoms with Gasteiger partial charge in [0.05, 0.1) is 43.9 Å². The smallest absolute Gasteiger partial charge is 0.315 e. The Bertz CT molecular complexity index is 1570. The molecule has 6 unspecified atom stereocenters. The monoisotopic (exact) mass is 810 g/mol. The maximum absolute atomic E-state index is 14.7. The van der Waals surface area contributed by atoms with Crippen molar-refractivity contribution in [3.63, 3.8) is 0 Å². The number of rotatable bonds is 7. The Balaban J connectivity index is 1.21. The Kier molecular flexibility index (Phi) is 11.4. The summed E-state index contributed by atoms with van der Waals surface area (Å²) in [5.74, 6) is -1.16. The van der Waals surface area contributed by atoms with Gasteiger partial charge < -0.3 is 64.5 Å². The molecule has 0 aromatic heterocycles. The van der Waals surface area contributed by atoms with E-state index in [1.807, 2.05) is 13.8 Å². The number of carbonyl (C=O) groups excluding carboxylic acids is 2. The van der Waals surface area contributed by atoms with E-state index in [4.69, 9.17) is 23.7 Å². The molecule has 19 atom stereocenters. The molecule has 57 heavy (non-hydrogen) atoms. The summed E-state index contributed by atoms with van der Waals surface area (Å²) in [6.07, 6.45) is -5.49. The molecule has 324 valence electrons. The van der Waals surface area contributed by atoms with Crippen LogP contribution in [0.5, 0.6) is 0 Å². The first kappa shape index (κ1) is 43.3. The zero-order valence-corrected chi connectivity index (χ0v) is 34.2. The molecule has 0 radical (unpaired) electrons. The lowest BCUT2D eigenvalue weighted by Crippen LogP contribution is -2.67. The molecule has 0 aromatic carbocycles. The number of fused-ring (bicyclic) bond motifs is 7. The molecule has 8 N–H and O–H groups in total. The number of aliphatic hydroxyl groups is 8. The van der Waals surface area contributed by atoms with Crippen LogP contribution in [0.2, 0.25) is 0 Å². The summed E-state index contributed by atoms with van der Waals surface area (Å²) in [6.45, 7) is 9.94. The van der Waals surface area contributed by atoms with E-state index in [-0.39, 0.29) is 41.8 Å². The number of esters is 2. The van der Waals surface area contributed by atoms with Crippen molar-refractivity contribution in [2.24, 2.45) is 50.2 Å². The van der Waals surface area contributed by atoms with E-state index < -0.39 is 102 Å². The first-order valence-electron chi connectivity index (χ1n) is 20.9. The Hall–Kier alpha value is -1.76. The molecule has 2 heterocycles. The molecular weight excluding hydrogens is 744 g/mol. The topological polar surface area (TPSA) is 242 Å². The van der Waals surface area contributed by atoms with E-state index in [0.29, 0.717) is 44.9 Å². The number of aliphatic hydroxyl groups excluding tert-OH is 8. The predicted octanol–water partition coefficient (Wildman–Crippen LogP) is 1.08. The highest BCUT2D eigenvalue weighted by molar-refractivity contribution is 5.81. The van der Waals surface area contributed by atoms with Crippen molar-refractivity contribution in [3.05, 3.63) is 11.6 Å². The Morgan fingerprint density at radius 3 is 2.14 bits per heavy atom. The molecule has 7 rings (SSSR count). The first-order chi connectivity index (χ1) is 26.7. The third-order valence-electron chi connectivity index (χ3n) is 17.4. The van der Waals surface area contributed by atoms with Crippen LogP contribution in [-0.2, 0) is 33.3 Å². The highest BCUT2D eigenvalue weighted by Crippen LogP contribution is 2.76. The fourth-order valence-electron chi connectivity index (χ4n) is 13.6. The SMILES string of the molecule is COC(=O)[C@@]1(C)CC[C@]2(C(=O)O[C@@H]3OC(CO)[C@@H](O)[C@H](O)C3O)CC[C@]3(C)C(=CCC4[C@@]5(C)CC[C@H](O[C@@H]6OC[C@H](O)[C@H](O)C6O)[C@@](C)(CO)C5CC[C@]43C)C2C1. The van der Waals surface area contributed by atoms with Crippen LogP contribution in [0.25, 0.3) is 0 Å². The Labute approximate surface area is 334 Å². The number of ether oxygens (including phenoxy) is 5. The van der Waals surface area contributed by atoms with Gasteiger partial charge in [0, 0.05) is 5.41 Å². The standard InChI is InChI=1S/C42H66O15/c1-37(35(51)53-6)13-15-42(36(52)57-34-32(50)30(48)29(47)24(18-43)55-34)16-14-40(4)21(22(42)17-37)7-8-26-38(2)11-10-27(56-33-31(49)28(46)23(45)19-54-33)39(3,20-44)25(38)9-12-41(26,40)5/h7,22-34,43-50H,8-20H2,1-6H3/t22?,23-,24?,25?,26?,27-,28-,29+,30-,31?,32?,33-,34-,37-,38-,39-,40+,41+,42-/m0/s1. The lowest BCUT2D eigenvalue weighted by Gasteiger charge is -2.71. The summed E-state index contributed by atoms with van der Waals surface area (Å²) >= 11 is 0. The summed E-state index contributed by atoms with van der Waals surface area (Å²) in [7, 11) is 1.37. The molecule has 0 aromatic rings. The van der Waals surface area contributed by atoms with E-state index in [1.165, 1.54) is 7.11 Å². The number of hydrogen-bond donors (Lipinski definition) is 8. The minimum absolute atomic E-state index is 0.0371. The number of methoxy groups -OCH3 is 1. The molecule has 15 nitrogen and oxygen atoms in total. The third-order valence-corrected chi connectivity index (χ3v) is 17.4. The van der Waals surface area contributed by atoms with E-state index >= 15 is 0 Å². The molecule has 2 aliphatic heterocycles. The molecule has 4 saturated carbocycles. The molecule has 0 spiro atoms. The number of carbonyl (C=O) groups is 2. The summed E-state index contributed by atoms with van der Waals surface area (Å²) in [5.41, 5.74) is -2.43. The van der Waals surface area contributed by atoms with E-state index in [1.54, 1.807) is 0 Å². The quantitative estimate of drug-likeness (QED) is 0.102. The largest absolute Gasteiger partial charge is 0.469 e. The Morgan fingerprint density at radius 2 is 1.47 bits per heavy atom. The van der Waals surface area contributed by atoms with Crippen molar-refractivity contribution in [2.75, 3.05) is 26.9 Å². The zero-order chi connectivity index (χ0) is 41.7. The van der Waals surface area contributed by atoms with Crippen LogP contribution in [0.15, 0.2) is 11.6 Å². The van der Waals surface area contributed by atoms with Crippen molar-refractivity contribution in [1.29, 1.82) is 0 Å². The van der Waals surface area contributed by atoms with Crippen molar-refractivity contribution in [2.45, 2.75) is 160 Å². The summed E-state index contributed by atoms with van der Waals surface area (Å²) < 4.78 is 28.9. The number of hydrogen-bond acceptors (Lipinski definition) is 15. The van der Waals surface area contributed by atoms with E-state index in [9.17, 15) is 50.4 Å². The van der Waals surface area contributed by atoms with Crippen LogP contribution < -0.4 is 0 Å². The second-order valence-electron chi connectivity index (χ2n) is 19.9. The lowest BCUT2D eigenvalue weighted by molar-refractivity contribution is -0.312. The van der Waals surface area contributed by atoms with Crippen LogP contribution >= 0.6 is 0 Å². The minimum Gasteiger partial charge on any atom is -0.469 e. The van der Waals surface area contributed by atoms with Crippen molar-refractivity contribution < 1.29 is 74.1 Å². The maximum atomic E-state index is 14.7. The molecule has 5 aliphatic carbocycles. The minimum atomic E-state index is -1.74. The van der Waals surface area contributed by atoms with Crippen LogP contribution in [0.3, 0.4) is 0 Å². The molecule has 2 saturated heterocycles. The fraction of sp³-hybridized carbons (Fsp3) is 0.905. The van der Waals surface area contributed by atoms with Gasteiger partial charge in [-0.05, 0) is 105 Å². The first-order valence-corrected chi connectivity index (χ1v) is 20.9. The predicted molar refractivity (Wildman–Crippen MR) is 199 cm³/mol. The van der Waals surface area contributed by atoms with Gasteiger partial charge in [-0.3, -0.25) is 9.59 Å². The molecule has 0 amide bonds. The van der Waals surface area contributed by atoms with Crippen LogP contribution in [-0.4, -0.2) is 141 Å². The van der Waals surface area contributed by atoms with Gasteiger partial charge in [0.25, 0.3) is 0 Å². The second-order valence-corrected chi connectivity index (χ2v) is 19.9. The molecule has 7 aliphatic rings. The average molecular weight is 811 g/mol. The summed E-state index contributed by atoms with van der Waals surface area (Å²) in [4.78, 5) is 28.1. The van der Waals surface area contributed by atoms with E-state index in [2.05, 4.69) is 26.8 Å². The van der Waals surface area contributed by atoms with Gasteiger partial charge >= 0.3 is 11.9 Å². The zero-order valence-electron chi connectivity index (χ0n) is 34.2. The average Bonchev–Trinajstić information content (AvgIpc) is 3.19. The maximum Gasteiger partial charge on any atom is 0.315 e. The Morgan fingerprint density at radius 1 is 0.789 bits per heavy atom. The lowest BCUT2D eigenvalue weighted by atomic mass is 9.33.